The first-order valence-electron chi connectivity index (χ1n) is 6.23. The molecule has 104 valence electrons. The molecule has 0 atom stereocenters. The van der Waals surface area contributed by atoms with E-state index in [0.717, 1.165) is 10.7 Å². The molecular weight excluding hydrogens is 276 g/mol. The second-order valence-corrected chi connectivity index (χ2v) is 5.54. The van der Waals surface area contributed by atoms with Crippen molar-refractivity contribution in [3.8, 4) is 16.6 Å². The molecule has 8 heteroatoms. The van der Waals surface area contributed by atoms with Crippen molar-refractivity contribution in [2.24, 2.45) is 5.73 Å². The number of aromatic nitrogens is 5. The molecule has 0 saturated heterocycles. The number of nitrogens with zero attached hydrogens (tertiary/aromatic N) is 5. The fourth-order valence-electron chi connectivity index (χ4n) is 1.79. The van der Waals surface area contributed by atoms with Gasteiger partial charge in [-0.2, -0.15) is 4.68 Å². The maximum absolute atomic E-state index is 5.71. The van der Waals surface area contributed by atoms with Crippen LogP contribution in [-0.2, 0) is 6.54 Å². The van der Waals surface area contributed by atoms with Crippen molar-refractivity contribution in [1.29, 1.82) is 0 Å². The molecule has 3 heterocycles. The van der Waals surface area contributed by atoms with Gasteiger partial charge in [-0.15, -0.1) is 15.3 Å². The van der Waals surface area contributed by atoms with Crippen LogP contribution in [-0.4, -0.2) is 25.2 Å². The van der Waals surface area contributed by atoms with Crippen molar-refractivity contribution in [2.45, 2.75) is 26.3 Å². The largest absolute Gasteiger partial charge is 0.463 e. The summed E-state index contributed by atoms with van der Waals surface area (Å²) < 4.78 is 7.07. The van der Waals surface area contributed by atoms with E-state index in [1.165, 1.54) is 11.3 Å². The minimum absolute atomic E-state index is 0.284. The predicted molar refractivity (Wildman–Crippen MR) is 74.5 cm³/mol. The molecule has 0 aromatic carbocycles. The molecule has 0 bridgehead atoms. The summed E-state index contributed by atoms with van der Waals surface area (Å²) in [6.45, 7) is 4.43. The van der Waals surface area contributed by atoms with Gasteiger partial charge in [0.15, 0.2) is 5.76 Å². The maximum Gasteiger partial charge on any atom is 0.234 e. The summed E-state index contributed by atoms with van der Waals surface area (Å²) in [6, 6.07) is 3.66. The first-order chi connectivity index (χ1) is 9.70. The van der Waals surface area contributed by atoms with Crippen LogP contribution in [0.2, 0.25) is 0 Å². The lowest BCUT2D eigenvalue weighted by molar-refractivity contribution is 0.575. The van der Waals surface area contributed by atoms with Crippen LogP contribution in [0.5, 0.6) is 0 Å². The number of nitrogens with two attached hydrogens (primary N) is 1. The molecule has 3 rings (SSSR count). The third-order valence-corrected chi connectivity index (χ3v) is 3.99. The Balaban J connectivity index is 2.11. The Labute approximate surface area is 119 Å². The topological polar surface area (TPSA) is 95.7 Å². The molecular formula is C12H14N6OS. The highest BCUT2D eigenvalue weighted by atomic mass is 32.1. The minimum atomic E-state index is 0.284. The van der Waals surface area contributed by atoms with Crippen LogP contribution < -0.4 is 5.73 Å². The summed E-state index contributed by atoms with van der Waals surface area (Å²) in [7, 11) is 0. The monoisotopic (exact) mass is 290 g/mol. The lowest BCUT2D eigenvalue weighted by Gasteiger charge is -2.00. The molecule has 3 aromatic heterocycles. The molecule has 0 amide bonds. The average molecular weight is 290 g/mol. The van der Waals surface area contributed by atoms with E-state index in [9.17, 15) is 0 Å². The number of hydrogen-bond acceptors (Lipinski definition) is 7. The number of rotatable bonds is 4. The number of furan rings is 1. The van der Waals surface area contributed by atoms with Gasteiger partial charge in [-0.3, -0.25) is 0 Å². The van der Waals surface area contributed by atoms with Crippen molar-refractivity contribution < 1.29 is 4.42 Å². The Kier molecular flexibility index (Phi) is 3.33. The molecule has 0 unspecified atom stereocenters. The van der Waals surface area contributed by atoms with Crippen LogP contribution in [0.15, 0.2) is 22.8 Å². The van der Waals surface area contributed by atoms with Crippen molar-refractivity contribution in [1.82, 2.24) is 25.2 Å². The summed E-state index contributed by atoms with van der Waals surface area (Å²) in [6.07, 6.45) is 1.60. The predicted octanol–water partition coefficient (Wildman–Crippen LogP) is 1.96. The van der Waals surface area contributed by atoms with E-state index in [4.69, 9.17) is 10.2 Å². The van der Waals surface area contributed by atoms with Crippen LogP contribution in [0.25, 0.3) is 16.6 Å². The van der Waals surface area contributed by atoms with Crippen LogP contribution >= 0.6 is 11.3 Å². The molecule has 3 aromatic rings. The van der Waals surface area contributed by atoms with Gasteiger partial charge in [0, 0.05) is 12.5 Å². The molecule has 20 heavy (non-hydrogen) atoms. The van der Waals surface area contributed by atoms with E-state index < -0.39 is 0 Å². The Morgan fingerprint density at radius 1 is 1.35 bits per heavy atom. The molecule has 2 N–H and O–H groups in total. The van der Waals surface area contributed by atoms with Gasteiger partial charge >= 0.3 is 0 Å². The highest BCUT2D eigenvalue weighted by Crippen LogP contribution is 2.28. The first kappa shape index (κ1) is 12.9. The van der Waals surface area contributed by atoms with Crippen molar-refractivity contribution in [3.05, 3.63) is 29.1 Å². The zero-order valence-electron chi connectivity index (χ0n) is 11.1. The zero-order chi connectivity index (χ0) is 14.1. The number of hydrogen-bond donors (Lipinski definition) is 1. The second-order valence-electron chi connectivity index (χ2n) is 4.56. The second kappa shape index (κ2) is 5.14. The third-order valence-electron chi connectivity index (χ3n) is 2.79. The summed E-state index contributed by atoms with van der Waals surface area (Å²) in [5.74, 6) is 0.988. The van der Waals surface area contributed by atoms with Crippen LogP contribution in [0.1, 0.15) is 30.5 Å². The quantitative estimate of drug-likeness (QED) is 0.789. The summed E-state index contributed by atoms with van der Waals surface area (Å²) in [5.41, 5.74) is 7.11. The van der Waals surface area contributed by atoms with E-state index in [1.807, 2.05) is 12.1 Å². The first-order valence-corrected chi connectivity index (χ1v) is 7.04. The van der Waals surface area contributed by atoms with E-state index in [0.29, 0.717) is 22.5 Å². The van der Waals surface area contributed by atoms with Crippen LogP contribution in [0.3, 0.4) is 0 Å². The molecule has 0 aliphatic heterocycles. The Morgan fingerprint density at radius 2 is 2.20 bits per heavy atom. The summed E-state index contributed by atoms with van der Waals surface area (Å²) in [4.78, 5) is 0. The summed E-state index contributed by atoms with van der Waals surface area (Å²) in [5, 5.41) is 18.2. The fraction of sp³-hybridized carbons (Fsp3) is 0.333. The Morgan fingerprint density at radius 3 is 2.80 bits per heavy atom. The zero-order valence-corrected chi connectivity index (χ0v) is 12.0. The van der Waals surface area contributed by atoms with Gasteiger partial charge in [0.25, 0.3) is 0 Å². The molecule has 0 fully saturated rings. The van der Waals surface area contributed by atoms with E-state index in [1.54, 1.807) is 10.9 Å². The van der Waals surface area contributed by atoms with Crippen molar-refractivity contribution >= 4 is 11.3 Å². The lowest BCUT2D eigenvalue weighted by atomic mass is 10.2. The molecule has 0 aliphatic carbocycles. The lowest BCUT2D eigenvalue weighted by Crippen LogP contribution is -2.01. The SMILES string of the molecule is CC(C)c1nnc(-n2nnc(CN)c2-c2ccco2)s1. The molecule has 7 nitrogen and oxygen atoms in total. The van der Waals surface area contributed by atoms with Gasteiger partial charge in [0.2, 0.25) is 5.13 Å². The van der Waals surface area contributed by atoms with E-state index >= 15 is 0 Å². The van der Waals surface area contributed by atoms with Gasteiger partial charge in [-0.25, -0.2) is 0 Å². The Bertz CT molecular complexity index is 699. The van der Waals surface area contributed by atoms with Gasteiger partial charge in [0.1, 0.15) is 16.4 Å². The Hall–Kier alpha value is -2.06. The van der Waals surface area contributed by atoms with Gasteiger partial charge in [0.05, 0.1) is 6.26 Å². The highest BCUT2D eigenvalue weighted by molar-refractivity contribution is 7.13. The summed E-state index contributed by atoms with van der Waals surface area (Å²) >= 11 is 1.49. The smallest absolute Gasteiger partial charge is 0.234 e. The highest BCUT2D eigenvalue weighted by Gasteiger charge is 2.20. The van der Waals surface area contributed by atoms with Crippen molar-refractivity contribution in [3.63, 3.8) is 0 Å². The van der Waals surface area contributed by atoms with E-state index in [2.05, 4.69) is 34.4 Å². The standard InChI is InChI=1S/C12H14N6OS/c1-7(2)11-15-16-12(20-11)18-10(8(6-13)14-17-18)9-4-3-5-19-9/h3-5,7H,6,13H2,1-2H3. The fourth-order valence-corrected chi connectivity index (χ4v) is 2.59. The van der Waals surface area contributed by atoms with Crippen LogP contribution in [0.4, 0.5) is 0 Å². The van der Waals surface area contributed by atoms with Gasteiger partial charge < -0.3 is 10.2 Å². The van der Waals surface area contributed by atoms with Crippen LogP contribution in [0, 0.1) is 0 Å². The van der Waals surface area contributed by atoms with Gasteiger partial charge in [-0.1, -0.05) is 30.4 Å². The minimum Gasteiger partial charge on any atom is -0.463 e. The molecule has 0 saturated carbocycles. The molecule has 0 aliphatic rings. The average Bonchev–Trinajstić information content (AvgIpc) is 3.17. The maximum atomic E-state index is 5.71. The van der Waals surface area contributed by atoms with Crippen molar-refractivity contribution in [2.75, 3.05) is 0 Å². The molecule has 0 spiro atoms. The van der Waals surface area contributed by atoms with E-state index in [-0.39, 0.29) is 6.54 Å². The third kappa shape index (κ3) is 2.12. The normalized spacial score (nSPS) is 11.4. The van der Waals surface area contributed by atoms with Gasteiger partial charge in [-0.05, 0) is 12.1 Å². The molecule has 0 radical (unpaired) electrons.